The Kier molecular flexibility index (Phi) is 5.05. The van der Waals surface area contributed by atoms with E-state index in [1.165, 1.54) is 16.7 Å². The summed E-state index contributed by atoms with van der Waals surface area (Å²) in [4.78, 5) is 28.2. The summed E-state index contributed by atoms with van der Waals surface area (Å²) in [6.45, 7) is 10.1. The quantitative estimate of drug-likeness (QED) is 0.713. The monoisotopic (exact) mass is 365 g/mol. The maximum absolute atomic E-state index is 13.2. The van der Waals surface area contributed by atoms with E-state index < -0.39 is 0 Å². The minimum Gasteiger partial charge on any atom is -0.268 e. The van der Waals surface area contributed by atoms with E-state index in [-0.39, 0.29) is 17.1 Å². The third kappa shape index (κ3) is 3.34. The molecule has 1 aliphatic rings. The molecule has 0 fully saturated rings. The van der Waals surface area contributed by atoms with E-state index in [4.69, 9.17) is 0 Å². The smallest absolute Gasteiger partial charge is 0.268 e. The number of hydrogen-bond acceptors (Lipinski definition) is 3. The Morgan fingerprint density at radius 3 is 2.08 bits per heavy atom. The maximum Gasteiger partial charge on any atom is 0.272 e. The van der Waals surface area contributed by atoms with Gasteiger partial charge >= 0.3 is 0 Å². The number of carbonyl (C=O) groups excluding carboxylic acids is 2. The predicted molar refractivity (Wildman–Crippen MR) is 109 cm³/mol. The molecule has 0 saturated carbocycles. The minimum atomic E-state index is -0.245. The second-order valence-corrected chi connectivity index (χ2v) is 8.54. The van der Waals surface area contributed by atoms with Crippen molar-refractivity contribution in [3.05, 3.63) is 69.6 Å². The topological polar surface area (TPSA) is 37.4 Å². The molecule has 2 aromatic rings. The van der Waals surface area contributed by atoms with Crippen LogP contribution in [0, 0.1) is 20.8 Å². The van der Waals surface area contributed by atoms with Gasteiger partial charge in [-0.25, -0.2) is 4.90 Å². The lowest BCUT2D eigenvalue weighted by Gasteiger charge is -2.17. The molecule has 0 aliphatic carbocycles. The van der Waals surface area contributed by atoms with Crippen LogP contribution >= 0.6 is 11.8 Å². The molecule has 134 valence electrons. The Morgan fingerprint density at radius 1 is 0.846 bits per heavy atom. The van der Waals surface area contributed by atoms with Crippen molar-refractivity contribution < 1.29 is 9.59 Å². The minimum absolute atomic E-state index is 0.210. The molecule has 0 saturated heterocycles. The number of carbonyl (C=O) groups is 2. The van der Waals surface area contributed by atoms with Crippen molar-refractivity contribution in [2.45, 2.75) is 39.9 Å². The van der Waals surface area contributed by atoms with Gasteiger partial charge in [0, 0.05) is 5.25 Å². The SMILES string of the molecule is Cc1ccc(C2=C(SC(C)C)C(=O)N(c3ccc(C)c(C)c3)C2=O)cc1. The van der Waals surface area contributed by atoms with Gasteiger partial charge in [-0.05, 0) is 49.6 Å². The van der Waals surface area contributed by atoms with Gasteiger partial charge in [0.1, 0.15) is 0 Å². The Labute approximate surface area is 159 Å². The number of aryl methyl sites for hydroxylation is 3. The molecular weight excluding hydrogens is 342 g/mol. The predicted octanol–water partition coefficient (Wildman–Crippen LogP) is 5.04. The van der Waals surface area contributed by atoms with Crippen LogP contribution in [0.25, 0.3) is 5.57 Å². The molecule has 26 heavy (non-hydrogen) atoms. The number of amides is 2. The molecule has 0 bridgehead atoms. The Morgan fingerprint density at radius 2 is 1.50 bits per heavy atom. The third-order valence-corrected chi connectivity index (χ3v) is 5.57. The van der Waals surface area contributed by atoms with Gasteiger partial charge in [-0.2, -0.15) is 0 Å². The summed E-state index contributed by atoms with van der Waals surface area (Å²) >= 11 is 1.45. The average molecular weight is 365 g/mol. The van der Waals surface area contributed by atoms with Gasteiger partial charge in [0.15, 0.2) is 0 Å². The number of thioether (sulfide) groups is 1. The molecule has 2 amide bonds. The van der Waals surface area contributed by atoms with Crippen LogP contribution in [0.4, 0.5) is 5.69 Å². The molecule has 0 atom stereocenters. The van der Waals surface area contributed by atoms with Gasteiger partial charge in [0.05, 0.1) is 16.2 Å². The fourth-order valence-electron chi connectivity index (χ4n) is 2.93. The molecule has 0 unspecified atom stereocenters. The standard InChI is InChI=1S/C22H23NO2S/c1-13(2)26-20-19(17-9-6-14(3)7-10-17)21(24)23(22(20)25)18-11-8-15(4)16(5)12-18/h6-13H,1-5H3. The second kappa shape index (κ2) is 7.12. The number of benzene rings is 2. The first kappa shape index (κ1) is 18.5. The van der Waals surface area contributed by atoms with Gasteiger partial charge in [0.2, 0.25) is 0 Å². The van der Waals surface area contributed by atoms with Gasteiger partial charge in [-0.1, -0.05) is 49.7 Å². The van der Waals surface area contributed by atoms with Crippen LogP contribution in [0.15, 0.2) is 47.4 Å². The van der Waals surface area contributed by atoms with E-state index in [1.54, 1.807) is 0 Å². The number of hydrogen-bond donors (Lipinski definition) is 0. The highest BCUT2D eigenvalue weighted by Gasteiger charge is 2.40. The number of rotatable bonds is 4. The lowest BCUT2D eigenvalue weighted by atomic mass is 10.0. The molecule has 0 aromatic heterocycles. The normalized spacial score (nSPS) is 14.8. The van der Waals surface area contributed by atoms with Crippen LogP contribution in [0.3, 0.4) is 0 Å². The molecule has 4 heteroatoms. The van der Waals surface area contributed by atoms with Crippen molar-refractivity contribution in [3.8, 4) is 0 Å². The summed E-state index contributed by atoms with van der Waals surface area (Å²) in [5.74, 6) is -0.474. The number of anilines is 1. The molecule has 1 heterocycles. The van der Waals surface area contributed by atoms with E-state index >= 15 is 0 Å². The summed E-state index contributed by atoms with van der Waals surface area (Å²) in [5.41, 5.74) is 5.25. The van der Waals surface area contributed by atoms with Crippen LogP contribution in [0.5, 0.6) is 0 Å². The van der Waals surface area contributed by atoms with Gasteiger partial charge in [-0.3, -0.25) is 9.59 Å². The third-order valence-electron chi connectivity index (χ3n) is 4.48. The Hall–Kier alpha value is -2.33. The fraction of sp³-hybridized carbons (Fsp3) is 0.273. The van der Waals surface area contributed by atoms with Crippen LogP contribution in [0.1, 0.15) is 36.1 Å². The lowest BCUT2D eigenvalue weighted by Crippen LogP contribution is -2.31. The largest absolute Gasteiger partial charge is 0.272 e. The van der Waals surface area contributed by atoms with Gasteiger partial charge in [0.25, 0.3) is 11.8 Å². The van der Waals surface area contributed by atoms with Gasteiger partial charge < -0.3 is 0 Å². The maximum atomic E-state index is 13.2. The zero-order valence-electron chi connectivity index (χ0n) is 15.8. The number of nitrogens with zero attached hydrogens (tertiary/aromatic N) is 1. The first-order chi connectivity index (χ1) is 12.3. The summed E-state index contributed by atoms with van der Waals surface area (Å²) in [6.07, 6.45) is 0. The number of imide groups is 1. The van der Waals surface area contributed by atoms with Crippen molar-refractivity contribution in [2.75, 3.05) is 4.90 Å². The van der Waals surface area contributed by atoms with Gasteiger partial charge in [-0.15, -0.1) is 11.8 Å². The van der Waals surface area contributed by atoms with E-state index in [0.717, 1.165) is 22.3 Å². The zero-order chi connectivity index (χ0) is 19.0. The highest BCUT2D eigenvalue weighted by Crippen LogP contribution is 2.40. The lowest BCUT2D eigenvalue weighted by molar-refractivity contribution is -0.119. The summed E-state index contributed by atoms with van der Waals surface area (Å²) in [7, 11) is 0. The molecule has 3 rings (SSSR count). The fourth-order valence-corrected chi connectivity index (χ4v) is 3.92. The molecule has 3 nitrogen and oxygen atoms in total. The van der Waals surface area contributed by atoms with Crippen molar-refractivity contribution in [2.24, 2.45) is 0 Å². The van der Waals surface area contributed by atoms with Crippen molar-refractivity contribution >= 4 is 34.8 Å². The average Bonchev–Trinajstić information content (AvgIpc) is 2.81. The first-order valence-corrected chi connectivity index (χ1v) is 9.61. The van der Waals surface area contributed by atoms with E-state index in [0.29, 0.717) is 16.2 Å². The molecular formula is C22H23NO2S. The van der Waals surface area contributed by atoms with Crippen molar-refractivity contribution in [1.29, 1.82) is 0 Å². The highest BCUT2D eigenvalue weighted by atomic mass is 32.2. The summed E-state index contributed by atoms with van der Waals surface area (Å²) < 4.78 is 0. The van der Waals surface area contributed by atoms with Crippen molar-refractivity contribution in [3.63, 3.8) is 0 Å². The summed E-state index contributed by atoms with van der Waals surface area (Å²) in [6, 6.07) is 13.5. The Balaban J connectivity index is 2.10. The van der Waals surface area contributed by atoms with E-state index in [1.807, 2.05) is 77.1 Å². The van der Waals surface area contributed by atoms with Crippen LogP contribution in [0.2, 0.25) is 0 Å². The van der Waals surface area contributed by atoms with Crippen molar-refractivity contribution in [1.82, 2.24) is 0 Å². The first-order valence-electron chi connectivity index (χ1n) is 8.73. The van der Waals surface area contributed by atoms with E-state index in [9.17, 15) is 9.59 Å². The molecule has 2 aromatic carbocycles. The van der Waals surface area contributed by atoms with Crippen LogP contribution in [-0.2, 0) is 9.59 Å². The molecule has 1 aliphatic heterocycles. The molecule has 0 N–H and O–H groups in total. The Bertz CT molecular complexity index is 910. The highest BCUT2D eigenvalue weighted by molar-refractivity contribution is 8.04. The van der Waals surface area contributed by atoms with E-state index in [2.05, 4.69) is 0 Å². The molecule has 0 radical (unpaired) electrons. The summed E-state index contributed by atoms with van der Waals surface area (Å²) in [5, 5.41) is 0.210. The van der Waals surface area contributed by atoms with Crippen LogP contribution in [-0.4, -0.2) is 17.1 Å². The van der Waals surface area contributed by atoms with Crippen LogP contribution < -0.4 is 4.90 Å². The zero-order valence-corrected chi connectivity index (χ0v) is 16.6. The second-order valence-electron chi connectivity index (χ2n) is 6.95. The molecule has 0 spiro atoms.